The first-order valence-corrected chi connectivity index (χ1v) is 7.49. The average molecular weight is 346 g/mol. The van der Waals surface area contributed by atoms with Gasteiger partial charge in [-0.2, -0.15) is 0 Å². The second-order valence-corrected chi connectivity index (χ2v) is 5.15. The Hall–Kier alpha value is 0.0464. The Labute approximate surface area is 182 Å². The van der Waals surface area contributed by atoms with Crippen molar-refractivity contribution in [1.29, 1.82) is 0 Å². The third kappa shape index (κ3) is 9.81. The summed E-state index contributed by atoms with van der Waals surface area (Å²) in [4.78, 5) is 11.0. The smallest absolute Gasteiger partial charge is 0.662 e. The molecule has 0 aromatic heterocycles. The van der Waals surface area contributed by atoms with Gasteiger partial charge in [0.15, 0.2) is 0 Å². The van der Waals surface area contributed by atoms with Crippen molar-refractivity contribution >= 4 is 11.6 Å². The molecule has 0 spiro atoms. The number of nitrogens with one attached hydrogen (secondary N) is 1. The van der Waals surface area contributed by atoms with Crippen LogP contribution in [-0.4, -0.2) is 38.3 Å². The third-order valence-corrected chi connectivity index (χ3v) is 3.28. The predicted octanol–water partition coefficient (Wildman–Crippen LogP) is 0.421. The van der Waals surface area contributed by atoms with Crippen LogP contribution in [0.25, 0.3) is 5.32 Å². The minimum atomic E-state index is -0.0835. The molecule has 1 aromatic carbocycles. The quantitative estimate of drug-likeness (QED) is 0.443. The van der Waals surface area contributed by atoms with Gasteiger partial charge in [-0.1, -0.05) is 6.07 Å². The molecule has 1 fully saturated rings. The number of nitrogens with zero attached hydrogens (tertiary/aromatic N) is 1. The van der Waals surface area contributed by atoms with Crippen molar-refractivity contribution in [2.75, 3.05) is 31.6 Å². The summed E-state index contributed by atoms with van der Waals surface area (Å²) >= 11 is 0. The molecule has 1 N–H and O–H groups in total. The summed E-state index contributed by atoms with van der Waals surface area (Å²) in [7, 11) is 0. The van der Waals surface area contributed by atoms with Gasteiger partial charge in [-0.3, -0.25) is 4.79 Å². The van der Waals surface area contributed by atoms with E-state index in [9.17, 15) is 4.79 Å². The molecular formula is C17H26KN2O3-. The Morgan fingerprint density at radius 1 is 1.30 bits per heavy atom. The van der Waals surface area contributed by atoms with Crippen LogP contribution < -0.4 is 61.4 Å². The van der Waals surface area contributed by atoms with E-state index < -0.39 is 0 Å². The summed E-state index contributed by atoms with van der Waals surface area (Å²) in [5.41, 5.74) is 0.752. The molecule has 2 rings (SSSR count). The van der Waals surface area contributed by atoms with Crippen molar-refractivity contribution in [3.05, 3.63) is 37.0 Å². The van der Waals surface area contributed by atoms with Crippen molar-refractivity contribution < 1.29 is 65.7 Å². The molecule has 1 saturated heterocycles. The van der Waals surface area contributed by atoms with Crippen LogP contribution in [0.3, 0.4) is 0 Å². The molecule has 1 aliphatic heterocycles. The number of amides is 1. The molecule has 5 nitrogen and oxygen atoms in total. The molecule has 0 saturated carbocycles. The van der Waals surface area contributed by atoms with E-state index in [1.165, 1.54) is 6.92 Å². The largest absolute Gasteiger partial charge is 1.00 e. The van der Waals surface area contributed by atoms with Crippen molar-refractivity contribution in [2.45, 2.75) is 32.3 Å². The molecule has 0 bridgehead atoms. The Bertz CT molecular complexity index is 451. The number of piperidine rings is 1. The van der Waals surface area contributed by atoms with Gasteiger partial charge in [0.2, 0.25) is 5.91 Å². The van der Waals surface area contributed by atoms with Crippen molar-refractivity contribution in [3.8, 4) is 5.75 Å². The van der Waals surface area contributed by atoms with E-state index in [1.807, 2.05) is 24.3 Å². The fraction of sp³-hybridized carbons (Fsp3) is 0.529. The maximum Gasteiger partial charge on any atom is 1.00 e. The van der Waals surface area contributed by atoms with Crippen LogP contribution in [0, 0.1) is 7.43 Å². The Balaban J connectivity index is 0.00000242. The molecule has 1 aliphatic rings. The second-order valence-electron chi connectivity index (χ2n) is 5.15. The second kappa shape index (κ2) is 13.3. The summed E-state index contributed by atoms with van der Waals surface area (Å²) in [6, 6.07) is 7.41. The van der Waals surface area contributed by atoms with Crippen LogP contribution in [0.15, 0.2) is 24.3 Å². The molecule has 0 radical (unpaired) electrons. The van der Waals surface area contributed by atoms with E-state index >= 15 is 0 Å². The van der Waals surface area contributed by atoms with Crippen LogP contribution in [0.4, 0.5) is 5.69 Å². The molecule has 0 aliphatic carbocycles. The molecule has 1 aromatic rings. The number of hydrogen-bond acceptors (Lipinski definition) is 3. The minimum absolute atomic E-state index is 0. The maximum atomic E-state index is 11.0. The van der Waals surface area contributed by atoms with Crippen LogP contribution in [0.2, 0.25) is 0 Å². The minimum Gasteiger partial charge on any atom is -0.662 e. The van der Waals surface area contributed by atoms with E-state index in [-0.39, 0.29) is 64.7 Å². The first-order valence-electron chi connectivity index (χ1n) is 7.49. The third-order valence-electron chi connectivity index (χ3n) is 3.28. The molecule has 0 unspecified atom stereocenters. The predicted molar refractivity (Wildman–Crippen MR) is 89.3 cm³/mol. The number of anilines is 1. The maximum absolute atomic E-state index is 11.0. The summed E-state index contributed by atoms with van der Waals surface area (Å²) in [6.45, 7) is 4.67. The van der Waals surface area contributed by atoms with Crippen LogP contribution in [0.5, 0.6) is 5.75 Å². The summed E-state index contributed by atoms with van der Waals surface area (Å²) in [5.74, 6) is 0.678. The zero-order valence-corrected chi connectivity index (χ0v) is 17.6. The van der Waals surface area contributed by atoms with Gasteiger partial charge in [0.25, 0.3) is 0 Å². The standard InChI is InChI=1S/C16H23N2O3.CH3.K/c1-13(19)18-14-4-2-5-16(12-14)21-11-3-10-20-15-6-8-17-9-7-15;;/h2,4-5,12,15H,3,6-11H2,1H3,(H,18,19);1H3;/q2*-1;+1. The Morgan fingerprint density at radius 3 is 2.74 bits per heavy atom. The van der Waals surface area contributed by atoms with Crippen molar-refractivity contribution in [2.24, 2.45) is 0 Å². The number of benzene rings is 1. The average Bonchev–Trinajstić information content (AvgIpc) is 2.48. The van der Waals surface area contributed by atoms with Gasteiger partial charge >= 0.3 is 51.4 Å². The van der Waals surface area contributed by atoms with Crippen LogP contribution in [0.1, 0.15) is 26.2 Å². The SMILES string of the molecule is CC(=O)Nc1cccc(OCCCOC2CC[N-]CC2)c1.[CH3-].[K+]. The first kappa shape index (κ1) is 23.0. The normalized spacial score (nSPS) is 14.3. The number of carbonyl (C=O) groups excluding carboxylic acids is 1. The number of ether oxygens (including phenoxy) is 2. The Kier molecular flexibility index (Phi) is 13.4. The molecule has 6 heteroatoms. The molecule has 124 valence electrons. The van der Waals surface area contributed by atoms with Gasteiger partial charge in [0.1, 0.15) is 5.75 Å². The summed E-state index contributed by atoms with van der Waals surface area (Å²) in [6.07, 6.45) is 3.31. The van der Waals surface area contributed by atoms with E-state index in [2.05, 4.69) is 10.6 Å². The molecule has 0 atom stereocenters. The van der Waals surface area contributed by atoms with Crippen LogP contribution >= 0.6 is 0 Å². The van der Waals surface area contributed by atoms with E-state index in [0.29, 0.717) is 12.7 Å². The summed E-state index contributed by atoms with van der Waals surface area (Å²) < 4.78 is 11.5. The zero-order chi connectivity index (χ0) is 14.9. The Morgan fingerprint density at radius 2 is 2.04 bits per heavy atom. The fourth-order valence-electron chi connectivity index (χ4n) is 2.26. The molecule has 1 heterocycles. The van der Waals surface area contributed by atoms with Crippen molar-refractivity contribution in [1.82, 2.24) is 0 Å². The van der Waals surface area contributed by atoms with E-state index in [0.717, 1.165) is 50.4 Å². The van der Waals surface area contributed by atoms with E-state index in [1.54, 1.807) is 0 Å². The van der Waals surface area contributed by atoms with E-state index in [4.69, 9.17) is 9.47 Å². The van der Waals surface area contributed by atoms with Gasteiger partial charge in [-0.15, -0.1) is 13.1 Å². The number of hydrogen-bond donors (Lipinski definition) is 1. The first-order chi connectivity index (χ1) is 10.2. The summed E-state index contributed by atoms with van der Waals surface area (Å²) in [5, 5.41) is 7.04. The number of carbonyl (C=O) groups is 1. The van der Waals surface area contributed by atoms with Crippen molar-refractivity contribution in [3.63, 3.8) is 0 Å². The molecule has 23 heavy (non-hydrogen) atoms. The number of rotatable bonds is 7. The molecule has 1 amide bonds. The zero-order valence-electron chi connectivity index (χ0n) is 14.5. The van der Waals surface area contributed by atoms with Gasteiger partial charge in [-0.05, 0) is 25.0 Å². The topological polar surface area (TPSA) is 61.7 Å². The van der Waals surface area contributed by atoms with Crippen LogP contribution in [-0.2, 0) is 9.53 Å². The van der Waals surface area contributed by atoms with Gasteiger partial charge < -0.3 is 27.5 Å². The van der Waals surface area contributed by atoms with Gasteiger partial charge in [0, 0.05) is 25.1 Å². The fourth-order valence-corrected chi connectivity index (χ4v) is 2.26. The van der Waals surface area contributed by atoms with Gasteiger partial charge in [0.05, 0.1) is 19.3 Å². The molecular weight excluding hydrogens is 319 g/mol. The van der Waals surface area contributed by atoms with Gasteiger partial charge in [-0.25, -0.2) is 0 Å². The monoisotopic (exact) mass is 345 g/mol.